The van der Waals surface area contributed by atoms with Crippen LogP contribution in [0.2, 0.25) is 0 Å². The third-order valence-corrected chi connectivity index (χ3v) is 2.69. The Hall–Kier alpha value is -2.01. The number of amides is 1. The van der Waals surface area contributed by atoms with Crippen LogP contribution in [0.15, 0.2) is 24.3 Å². The number of hydrogen-bond donors (Lipinski definition) is 3. The molecule has 5 heteroatoms. The molecule has 2 aromatic rings. The van der Waals surface area contributed by atoms with Crippen LogP contribution in [0.5, 0.6) is 5.75 Å². The molecule has 0 saturated heterocycles. The van der Waals surface area contributed by atoms with Gasteiger partial charge < -0.3 is 20.1 Å². The number of H-pyrrole nitrogens is 1. The Labute approximate surface area is 105 Å². The number of carbonyl (C=O) groups is 1. The SMILES string of the molecule is COc1ccc2[nH]c(C(=O)NCCCO)cc2c1. The van der Waals surface area contributed by atoms with Crippen molar-refractivity contribution in [3.05, 3.63) is 30.0 Å². The number of aromatic amines is 1. The first-order chi connectivity index (χ1) is 8.74. The zero-order valence-corrected chi connectivity index (χ0v) is 10.2. The number of carbonyl (C=O) groups excluding carboxylic acids is 1. The smallest absolute Gasteiger partial charge is 0.267 e. The minimum atomic E-state index is -0.168. The standard InChI is InChI=1S/C13H16N2O3/c1-18-10-3-4-11-9(7-10)8-12(15-11)13(17)14-5-2-6-16/h3-4,7-8,15-16H,2,5-6H2,1H3,(H,14,17). The summed E-state index contributed by atoms with van der Waals surface area (Å²) in [5.41, 5.74) is 1.40. The summed E-state index contributed by atoms with van der Waals surface area (Å²) in [6.45, 7) is 0.540. The van der Waals surface area contributed by atoms with Gasteiger partial charge >= 0.3 is 0 Å². The molecule has 0 fully saturated rings. The summed E-state index contributed by atoms with van der Waals surface area (Å²) in [6, 6.07) is 7.37. The highest BCUT2D eigenvalue weighted by molar-refractivity contribution is 5.98. The molecule has 0 bridgehead atoms. The maximum Gasteiger partial charge on any atom is 0.267 e. The summed E-state index contributed by atoms with van der Waals surface area (Å²) >= 11 is 0. The van der Waals surface area contributed by atoms with Gasteiger partial charge in [0.1, 0.15) is 11.4 Å². The molecule has 0 radical (unpaired) electrons. The second kappa shape index (κ2) is 5.55. The van der Waals surface area contributed by atoms with E-state index < -0.39 is 0 Å². The van der Waals surface area contributed by atoms with E-state index in [4.69, 9.17) is 9.84 Å². The van der Waals surface area contributed by atoms with Crippen molar-refractivity contribution in [3.8, 4) is 5.75 Å². The number of aliphatic hydroxyl groups is 1. The Kier molecular flexibility index (Phi) is 3.84. The Morgan fingerprint density at radius 2 is 2.28 bits per heavy atom. The molecule has 0 aliphatic carbocycles. The molecule has 1 heterocycles. The summed E-state index contributed by atoms with van der Waals surface area (Å²) in [4.78, 5) is 14.8. The van der Waals surface area contributed by atoms with Crippen LogP contribution in [0.4, 0.5) is 0 Å². The maximum absolute atomic E-state index is 11.8. The van der Waals surface area contributed by atoms with Crippen molar-refractivity contribution >= 4 is 16.8 Å². The molecule has 0 spiro atoms. The van der Waals surface area contributed by atoms with E-state index in [1.54, 1.807) is 13.2 Å². The number of nitrogens with one attached hydrogen (secondary N) is 2. The van der Waals surface area contributed by atoms with Gasteiger partial charge in [0.25, 0.3) is 5.91 Å². The second-order valence-electron chi connectivity index (χ2n) is 3.97. The number of aromatic nitrogens is 1. The van der Waals surface area contributed by atoms with Crippen LogP contribution in [0.3, 0.4) is 0 Å². The monoisotopic (exact) mass is 248 g/mol. The van der Waals surface area contributed by atoms with Crippen molar-refractivity contribution in [2.24, 2.45) is 0 Å². The van der Waals surface area contributed by atoms with E-state index in [-0.39, 0.29) is 12.5 Å². The molecular formula is C13H16N2O3. The van der Waals surface area contributed by atoms with Crippen LogP contribution >= 0.6 is 0 Å². The highest BCUT2D eigenvalue weighted by Crippen LogP contribution is 2.21. The van der Waals surface area contributed by atoms with E-state index in [0.29, 0.717) is 18.7 Å². The Morgan fingerprint density at radius 1 is 1.44 bits per heavy atom. The molecule has 0 unspecified atom stereocenters. The number of aliphatic hydroxyl groups excluding tert-OH is 1. The predicted octanol–water partition coefficient (Wildman–Crippen LogP) is 1.29. The number of ether oxygens (including phenoxy) is 1. The fourth-order valence-corrected chi connectivity index (χ4v) is 1.74. The molecule has 0 aliphatic heterocycles. The van der Waals surface area contributed by atoms with E-state index in [2.05, 4.69) is 10.3 Å². The van der Waals surface area contributed by atoms with E-state index in [1.165, 1.54) is 0 Å². The van der Waals surface area contributed by atoms with Crippen LogP contribution in [0.25, 0.3) is 10.9 Å². The lowest BCUT2D eigenvalue weighted by Crippen LogP contribution is -2.25. The topological polar surface area (TPSA) is 74.4 Å². The quantitative estimate of drug-likeness (QED) is 0.698. The number of benzene rings is 1. The average Bonchev–Trinajstić information content (AvgIpc) is 2.81. The zero-order chi connectivity index (χ0) is 13.0. The van der Waals surface area contributed by atoms with Gasteiger partial charge in [0.15, 0.2) is 0 Å². The van der Waals surface area contributed by atoms with E-state index in [9.17, 15) is 4.79 Å². The van der Waals surface area contributed by atoms with Crippen LogP contribution in [0.1, 0.15) is 16.9 Å². The van der Waals surface area contributed by atoms with Crippen molar-refractivity contribution in [2.75, 3.05) is 20.3 Å². The first-order valence-corrected chi connectivity index (χ1v) is 5.80. The number of rotatable bonds is 5. The molecule has 1 aromatic carbocycles. The van der Waals surface area contributed by atoms with Crippen molar-refractivity contribution in [1.82, 2.24) is 10.3 Å². The van der Waals surface area contributed by atoms with Gasteiger partial charge in [-0.15, -0.1) is 0 Å². The van der Waals surface area contributed by atoms with Gasteiger partial charge in [-0.3, -0.25) is 4.79 Å². The normalized spacial score (nSPS) is 10.6. The number of hydrogen-bond acceptors (Lipinski definition) is 3. The summed E-state index contributed by atoms with van der Waals surface area (Å²) in [5, 5.41) is 12.3. The van der Waals surface area contributed by atoms with E-state index in [1.807, 2.05) is 18.2 Å². The van der Waals surface area contributed by atoms with Crippen LogP contribution < -0.4 is 10.1 Å². The summed E-state index contributed by atoms with van der Waals surface area (Å²) in [7, 11) is 1.61. The molecule has 0 saturated carbocycles. The molecule has 3 N–H and O–H groups in total. The second-order valence-corrected chi connectivity index (χ2v) is 3.97. The average molecular weight is 248 g/mol. The molecule has 1 amide bonds. The lowest BCUT2D eigenvalue weighted by atomic mass is 10.2. The van der Waals surface area contributed by atoms with Gasteiger partial charge in [-0.2, -0.15) is 0 Å². The molecule has 96 valence electrons. The van der Waals surface area contributed by atoms with Gasteiger partial charge in [0.05, 0.1) is 7.11 Å². The Balaban J connectivity index is 2.16. The summed E-state index contributed by atoms with van der Waals surface area (Å²) in [5.74, 6) is 0.590. The lowest BCUT2D eigenvalue weighted by Gasteiger charge is -2.00. The predicted molar refractivity (Wildman–Crippen MR) is 68.9 cm³/mol. The number of fused-ring (bicyclic) bond motifs is 1. The van der Waals surface area contributed by atoms with Crippen LogP contribution in [-0.4, -0.2) is 36.3 Å². The van der Waals surface area contributed by atoms with Crippen molar-refractivity contribution in [2.45, 2.75) is 6.42 Å². The first-order valence-electron chi connectivity index (χ1n) is 5.80. The van der Waals surface area contributed by atoms with Gasteiger partial charge in [0, 0.05) is 24.1 Å². The van der Waals surface area contributed by atoms with Crippen LogP contribution in [-0.2, 0) is 0 Å². The molecule has 5 nitrogen and oxygen atoms in total. The van der Waals surface area contributed by atoms with E-state index >= 15 is 0 Å². The van der Waals surface area contributed by atoms with Gasteiger partial charge in [0.2, 0.25) is 0 Å². The van der Waals surface area contributed by atoms with Crippen LogP contribution in [0, 0.1) is 0 Å². The highest BCUT2D eigenvalue weighted by atomic mass is 16.5. The van der Waals surface area contributed by atoms with Crippen molar-refractivity contribution in [1.29, 1.82) is 0 Å². The fourth-order valence-electron chi connectivity index (χ4n) is 1.74. The molecular weight excluding hydrogens is 232 g/mol. The largest absolute Gasteiger partial charge is 0.497 e. The third-order valence-electron chi connectivity index (χ3n) is 2.69. The van der Waals surface area contributed by atoms with Crippen molar-refractivity contribution in [3.63, 3.8) is 0 Å². The van der Waals surface area contributed by atoms with E-state index in [0.717, 1.165) is 16.7 Å². The van der Waals surface area contributed by atoms with Gasteiger partial charge in [-0.1, -0.05) is 0 Å². The minimum Gasteiger partial charge on any atom is -0.497 e. The Bertz CT molecular complexity index is 548. The maximum atomic E-state index is 11.8. The van der Waals surface area contributed by atoms with Gasteiger partial charge in [-0.25, -0.2) is 0 Å². The zero-order valence-electron chi connectivity index (χ0n) is 10.2. The number of methoxy groups -OCH3 is 1. The molecule has 0 aliphatic rings. The minimum absolute atomic E-state index is 0.0736. The summed E-state index contributed by atoms with van der Waals surface area (Å²) in [6.07, 6.45) is 0.555. The summed E-state index contributed by atoms with van der Waals surface area (Å²) < 4.78 is 5.13. The molecule has 18 heavy (non-hydrogen) atoms. The van der Waals surface area contributed by atoms with Gasteiger partial charge in [-0.05, 0) is 30.7 Å². The lowest BCUT2D eigenvalue weighted by molar-refractivity contribution is 0.0947. The Morgan fingerprint density at radius 3 is 3.00 bits per heavy atom. The molecule has 1 aromatic heterocycles. The fraction of sp³-hybridized carbons (Fsp3) is 0.308. The third kappa shape index (κ3) is 2.62. The van der Waals surface area contributed by atoms with Crippen molar-refractivity contribution < 1.29 is 14.6 Å². The molecule has 0 atom stereocenters. The highest BCUT2D eigenvalue weighted by Gasteiger charge is 2.09. The first kappa shape index (κ1) is 12.4. The molecule has 2 rings (SSSR count).